The average Bonchev–Trinajstić information content (AvgIpc) is 2.75. The summed E-state index contributed by atoms with van der Waals surface area (Å²) in [6.45, 7) is 5.48. The molecule has 0 fully saturated rings. The quantitative estimate of drug-likeness (QED) is 0.545. The van der Waals surface area contributed by atoms with Gasteiger partial charge >= 0.3 is 0 Å². The summed E-state index contributed by atoms with van der Waals surface area (Å²) in [4.78, 5) is 12.1. The molecule has 0 aliphatic heterocycles. The minimum Gasteiger partial charge on any atom is -0.352 e. The van der Waals surface area contributed by atoms with E-state index < -0.39 is 0 Å². The van der Waals surface area contributed by atoms with Crippen molar-refractivity contribution in [3.8, 4) is 0 Å². The second-order valence-corrected chi connectivity index (χ2v) is 6.98. The Morgan fingerprint density at radius 3 is 2.81 bits per heavy atom. The van der Waals surface area contributed by atoms with Gasteiger partial charge < -0.3 is 5.32 Å². The summed E-state index contributed by atoms with van der Waals surface area (Å²) >= 11 is 5.61. The highest BCUT2D eigenvalue weighted by atomic mass is 127. The van der Waals surface area contributed by atoms with Gasteiger partial charge in [0, 0.05) is 26.8 Å². The molecule has 0 aliphatic rings. The van der Waals surface area contributed by atoms with Gasteiger partial charge in [-0.1, -0.05) is 0 Å². The Morgan fingerprint density at radius 2 is 2.14 bits per heavy atom. The molecule has 0 spiro atoms. The van der Waals surface area contributed by atoms with E-state index in [-0.39, 0.29) is 5.91 Å². The number of nitrogens with zero attached hydrogens (tertiary/aromatic N) is 2. The number of hydrogen-bond acceptors (Lipinski definition) is 2. The number of carbonyl (C=O) groups is 1. The Labute approximate surface area is 146 Å². The van der Waals surface area contributed by atoms with Crippen LogP contribution in [0.1, 0.15) is 28.2 Å². The molecular formula is C15H17BrIN3O. The first-order valence-electron chi connectivity index (χ1n) is 6.71. The van der Waals surface area contributed by atoms with Crippen LogP contribution in [0.15, 0.2) is 28.7 Å². The van der Waals surface area contributed by atoms with E-state index in [1.807, 2.05) is 36.7 Å². The first-order valence-corrected chi connectivity index (χ1v) is 8.59. The lowest BCUT2D eigenvalue weighted by Crippen LogP contribution is -2.25. The van der Waals surface area contributed by atoms with Crippen LogP contribution in [0, 0.1) is 17.4 Å². The molecule has 1 heterocycles. The van der Waals surface area contributed by atoms with E-state index in [9.17, 15) is 4.79 Å². The minimum atomic E-state index is -0.0474. The zero-order valence-corrected chi connectivity index (χ0v) is 15.7. The molecule has 0 saturated carbocycles. The fourth-order valence-corrected chi connectivity index (χ4v) is 3.02. The molecule has 0 aliphatic carbocycles. The zero-order valence-electron chi connectivity index (χ0n) is 12.0. The molecule has 21 heavy (non-hydrogen) atoms. The van der Waals surface area contributed by atoms with Gasteiger partial charge in [0.25, 0.3) is 5.91 Å². The second-order valence-electron chi connectivity index (χ2n) is 4.88. The van der Waals surface area contributed by atoms with Gasteiger partial charge in [0.1, 0.15) is 0 Å². The molecule has 6 heteroatoms. The van der Waals surface area contributed by atoms with Gasteiger partial charge in [-0.15, -0.1) is 0 Å². The van der Waals surface area contributed by atoms with Crippen molar-refractivity contribution in [2.24, 2.45) is 0 Å². The van der Waals surface area contributed by atoms with Crippen molar-refractivity contribution in [2.75, 3.05) is 6.54 Å². The number of amides is 1. The summed E-state index contributed by atoms with van der Waals surface area (Å²) in [6.07, 6.45) is 0.856. The Hall–Kier alpha value is -0.890. The van der Waals surface area contributed by atoms with E-state index in [0.29, 0.717) is 12.1 Å². The second kappa shape index (κ2) is 7.40. The van der Waals surface area contributed by atoms with E-state index >= 15 is 0 Å². The molecule has 0 bridgehead atoms. The number of hydrogen-bond donors (Lipinski definition) is 1. The molecule has 0 atom stereocenters. The Balaban J connectivity index is 1.84. The van der Waals surface area contributed by atoms with Crippen molar-refractivity contribution in [1.29, 1.82) is 0 Å². The molecule has 0 radical (unpaired) electrons. The summed E-state index contributed by atoms with van der Waals surface area (Å²) in [7, 11) is 0. The molecule has 1 aromatic carbocycles. The van der Waals surface area contributed by atoms with Gasteiger partial charge in [-0.05, 0) is 83.1 Å². The lowest BCUT2D eigenvalue weighted by molar-refractivity contribution is 0.0951. The van der Waals surface area contributed by atoms with Crippen LogP contribution in [0.2, 0.25) is 0 Å². The number of halogens is 2. The van der Waals surface area contributed by atoms with Crippen molar-refractivity contribution in [3.63, 3.8) is 0 Å². The Kier molecular flexibility index (Phi) is 5.80. The van der Waals surface area contributed by atoms with Gasteiger partial charge in [0.05, 0.1) is 11.3 Å². The van der Waals surface area contributed by atoms with Crippen molar-refractivity contribution in [1.82, 2.24) is 15.1 Å². The largest absolute Gasteiger partial charge is 0.352 e. The SMILES string of the molecule is Cc1cc(C)n(CCCNC(=O)c2cc(I)ccc2Br)n1. The molecule has 1 N–H and O–H groups in total. The number of rotatable bonds is 5. The summed E-state index contributed by atoms with van der Waals surface area (Å²) in [6, 6.07) is 7.79. The van der Waals surface area contributed by atoms with Gasteiger partial charge in [-0.3, -0.25) is 9.48 Å². The Bertz CT molecular complexity index is 654. The molecule has 112 valence electrons. The average molecular weight is 462 g/mol. The first-order chi connectivity index (χ1) is 9.97. The predicted octanol–water partition coefficient (Wildman–Crippen LogP) is 3.69. The van der Waals surface area contributed by atoms with E-state index in [2.05, 4.69) is 55.0 Å². The van der Waals surface area contributed by atoms with Crippen LogP contribution >= 0.6 is 38.5 Å². The van der Waals surface area contributed by atoms with E-state index in [1.54, 1.807) is 0 Å². The standard InChI is InChI=1S/C15H17BrIN3O/c1-10-8-11(2)20(19-10)7-3-6-18-15(21)13-9-12(17)4-5-14(13)16/h4-5,8-9H,3,6-7H2,1-2H3,(H,18,21). The number of nitrogens with one attached hydrogen (secondary N) is 1. The minimum absolute atomic E-state index is 0.0474. The normalized spacial score (nSPS) is 10.7. The summed E-state index contributed by atoms with van der Waals surface area (Å²) < 4.78 is 3.84. The predicted molar refractivity (Wildman–Crippen MR) is 95.5 cm³/mol. The number of aromatic nitrogens is 2. The summed E-state index contributed by atoms with van der Waals surface area (Å²) in [5.74, 6) is -0.0474. The fraction of sp³-hybridized carbons (Fsp3) is 0.333. The van der Waals surface area contributed by atoms with Crippen LogP contribution < -0.4 is 5.32 Å². The molecule has 1 amide bonds. The van der Waals surface area contributed by atoms with Crippen molar-refractivity contribution in [3.05, 3.63) is 49.3 Å². The fourth-order valence-electron chi connectivity index (χ4n) is 2.10. The molecular weight excluding hydrogens is 445 g/mol. The highest BCUT2D eigenvalue weighted by molar-refractivity contribution is 14.1. The summed E-state index contributed by atoms with van der Waals surface area (Å²) in [5, 5.41) is 7.36. The molecule has 0 saturated heterocycles. The van der Waals surface area contributed by atoms with E-state index in [4.69, 9.17) is 0 Å². The van der Waals surface area contributed by atoms with Crippen molar-refractivity contribution in [2.45, 2.75) is 26.8 Å². The third-order valence-electron chi connectivity index (χ3n) is 3.11. The van der Waals surface area contributed by atoms with E-state index in [1.165, 1.54) is 0 Å². The number of carbonyl (C=O) groups excluding carboxylic acids is 1. The van der Waals surface area contributed by atoms with Crippen LogP contribution in [0.3, 0.4) is 0 Å². The Morgan fingerprint density at radius 1 is 1.38 bits per heavy atom. The topological polar surface area (TPSA) is 46.9 Å². The maximum absolute atomic E-state index is 12.1. The molecule has 4 nitrogen and oxygen atoms in total. The van der Waals surface area contributed by atoms with Gasteiger partial charge in [0.15, 0.2) is 0 Å². The van der Waals surface area contributed by atoms with Gasteiger partial charge in [-0.25, -0.2) is 0 Å². The summed E-state index contributed by atoms with van der Waals surface area (Å²) in [5.41, 5.74) is 2.85. The van der Waals surface area contributed by atoms with Crippen LogP contribution in [-0.4, -0.2) is 22.2 Å². The maximum atomic E-state index is 12.1. The van der Waals surface area contributed by atoms with Gasteiger partial charge in [-0.2, -0.15) is 5.10 Å². The number of benzene rings is 1. The highest BCUT2D eigenvalue weighted by Gasteiger charge is 2.10. The molecule has 0 unspecified atom stereocenters. The zero-order chi connectivity index (χ0) is 15.4. The molecule has 1 aromatic heterocycles. The van der Waals surface area contributed by atoms with Crippen LogP contribution in [0.25, 0.3) is 0 Å². The smallest absolute Gasteiger partial charge is 0.252 e. The highest BCUT2D eigenvalue weighted by Crippen LogP contribution is 2.19. The van der Waals surface area contributed by atoms with Crippen molar-refractivity contribution < 1.29 is 4.79 Å². The third kappa shape index (κ3) is 4.54. The third-order valence-corrected chi connectivity index (χ3v) is 4.47. The van der Waals surface area contributed by atoms with Crippen molar-refractivity contribution >= 4 is 44.4 Å². The monoisotopic (exact) mass is 461 g/mol. The van der Waals surface area contributed by atoms with E-state index in [0.717, 1.165) is 32.4 Å². The lowest BCUT2D eigenvalue weighted by atomic mass is 10.2. The van der Waals surface area contributed by atoms with Crippen LogP contribution in [-0.2, 0) is 6.54 Å². The lowest BCUT2D eigenvalue weighted by Gasteiger charge is -2.08. The first kappa shape index (κ1) is 16.5. The van der Waals surface area contributed by atoms with Crippen LogP contribution in [0.4, 0.5) is 0 Å². The maximum Gasteiger partial charge on any atom is 0.252 e. The molecule has 2 aromatic rings. The van der Waals surface area contributed by atoms with Crippen LogP contribution in [0.5, 0.6) is 0 Å². The molecule has 2 rings (SSSR count). The number of aryl methyl sites for hydroxylation is 3. The van der Waals surface area contributed by atoms with Gasteiger partial charge in [0.2, 0.25) is 0 Å².